The number of benzene rings is 1. The Morgan fingerprint density at radius 3 is 2.86 bits per heavy atom. The monoisotopic (exact) mass is 283 g/mol. The summed E-state index contributed by atoms with van der Waals surface area (Å²) in [6, 6.07) is 11.8. The zero-order valence-corrected chi connectivity index (χ0v) is 13.0. The molecule has 0 amide bonds. The topological polar surface area (TPSA) is 29.9 Å². The van der Waals surface area contributed by atoms with Crippen LogP contribution in [0.4, 0.5) is 0 Å². The van der Waals surface area contributed by atoms with Crippen LogP contribution in [0.5, 0.6) is 0 Å². The van der Waals surface area contributed by atoms with E-state index in [4.69, 9.17) is 0 Å². The zero-order valence-electron chi connectivity index (χ0n) is 13.0. The first-order valence-electron chi connectivity index (χ1n) is 8.05. The molecule has 1 N–H and O–H groups in total. The van der Waals surface area contributed by atoms with Gasteiger partial charge in [-0.05, 0) is 37.7 Å². The Morgan fingerprint density at radius 1 is 1.29 bits per heavy atom. The van der Waals surface area contributed by atoms with Crippen molar-refractivity contribution in [3.63, 3.8) is 0 Å². The normalized spacial score (nSPS) is 23.9. The summed E-state index contributed by atoms with van der Waals surface area (Å²) in [7, 11) is 0. The van der Waals surface area contributed by atoms with Gasteiger partial charge in [-0.1, -0.05) is 37.3 Å². The molecule has 3 unspecified atom stereocenters. The molecule has 0 aliphatic carbocycles. The third kappa shape index (κ3) is 3.35. The number of hydrogen-bond donors (Lipinski definition) is 1. The van der Waals surface area contributed by atoms with Crippen molar-refractivity contribution in [2.24, 2.45) is 0 Å². The maximum Gasteiger partial charge on any atom is 0.0948 e. The van der Waals surface area contributed by atoms with Crippen molar-refractivity contribution in [1.29, 1.82) is 0 Å². The van der Waals surface area contributed by atoms with E-state index < -0.39 is 0 Å². The molecule has 3 atom stereocenters. The summed E-state index contributed by atoms with van der Waals surface area (Å²) >= 11 is 0. The molecule has 2 aromatic rings. The van der Waals surface area contributed by atoms with Crippen molar-refractivity contribution in [3.05, 3.63) is 54.1 Å². The van der Waals surface area contributed by atoms with E-state index in [-0.39, 0.29) is 0 Å². The first-order chi connectivity index (χ1) is 10.2. The molecule has 0 spiro atoms. The van der Waals surface area contributed by atoms with Crippen molar-refractivity contribution in [2.45, 2.75) is 57.7 Å². The predicted octanol–water partition coefficient (Wildman–Crippen LogP) is 3.89. The molecule has 1 aliphatic rings. The average Bonchev–Trinajstić information content (AvgIpc) is 2.96. The highest BCUT2D eigenvalue weighted by Crippen LogP contribution is 2.27. The molecule has 0 saturated carbocycles. The molecule has 3 nitrogen and oxygen atoms in total. The largest absolute Gasteiger partial charge is 0.333 e. The van der Waals surface area contributed by atoms with Crippen LogP contribution in [0.2, 0.25) is 0 Å². The van der Waals surface area contributed by atoms with Crippen molar-refractivity contribution in [1.82, 2.24) is 14.9 Å². The fourth-order valence-corrected chi connectivity index (χ4v) is 3.33. The fourth-order valence-electron chi connectivity index (χ4n) is 3.33. The maximum absolute atomic E-state index is 4.39. The smallest absolute Gasteiger partial charge is 0.0948 e. The standard InChI is InChI=1S/C18H25N3/c1-14(16-8-4-3-5-9-16)12-21-13-19-11-18(21)17-10-6-7-15(2)20-17/h3-5,8-9,11,13-15,17,20H,6-7,10,12H2,1-2H3. The summed E-state index contributed by atoms with van der Waals surface area (Å²) in [5, 5.41) is 3.71. The van der Waals surface area contributed by atoms with Crippen molar-refractivity contribution >= 4 is 0 Å². The van der Waals surface area contributed by atoms with Gasteiger partial charge in [-0.15, -0.1) is 0 Å². The van der Waals surface area contributed by atoms with Gasteiger partial charge in [0.2, 0.25) is 0 Å². The van der Waals surface area contributed by atoms with E-state index in [1.807, 2.05) is 12.5 Å². The van der Waals surface area contributed by atoms with Gasteiger partial charge in [0, 0.05) is 24.8 Å². The van der Waals surface area contributed by atoms with E-state index in [9.17, 15) is 0 Å². The summed E-state index contributed by atoms with van der Waals surface area (Å²) in [5.41, 5.74) is 2.73. The van der Waals surface area contributed by atoms with Gasteiger partial charge < -0.3 is 9.88 Å². The summed E-state index contributed by atoms with van der Waals surface area (Å²) in [6.45, 7) is 5.56. The molecule has 21 heavy (non-hydrogen) atoms. The predicted molar refractivity (Wildman–Crippen MR) is 86.3 cm³/mol. The van der Waals surface area contributed by atoms with E-state index in [1.165, 1.54) is 30.5 Å². The van der Waals surface area contributed by atoms with Gasteiger partial charge in [0.1, 0.15) is 0 Å². The first kappa shape index (κ1) is 14.3. The van der Waals surface area contributed by atoms with E-state index in [1.54, 1.807) is 0 Å². The summed E-state index contributed by atoms with van der Waals surface area (Å²) < 4.78 is 2.33. The van der Waals surface area contributed by atoms with Crippen LogP contribution >= 0.6 is 0 Å². The maximum atomic E-state index is 4.39. The van der Waals surface area contributed by atoms with E-state index >= 15 is 0 Å². The zero-order chi connectivity index (χ0) is 14.7. The number of aromatic nitrogens is 2. The molecule has 1 saturated heterocycles. The van der Waals surface area contributed by atoms with Crippen molar-refractivity contribution in [2.75, 3.05) is 0 Å². The van der Waals surface area contributed by atoms with Crippen molar-refractivity contribution in [3.8, 4) is 0 Å². The average molecular weight is 283 g/mol. The van der Waals surface area contributed by atoms with Gasteiger partial charge in [0.05, 0.1) is 12.0 Å². The van der Waals surface area contributed by atoms with Gasteiger partial charge in [-0.3, -0.25) is 0 Å². The highest BCUT2D eigenvalue weighted by molar-refractivity contribution is 5.19. The van der Waals surface area contributed by atoms with Gasteiger partial charge in [-0.2, -0.15) is 0 Å². The van der Waals surface area contributed by atoms with Crippen LogP contribution in [0.15, 0.2) is 42.9 Å². The van der Waals surface area contributed by atoms with E-state index in [2.05, 4.69) is 59.0 Å². The molecular formula is C18H25N3. The second kappa shape index (κ2) is 6.44. The Kier molecular flexibility index (Phi) is 4.39. The highest BCUT2D eigenvalue weighted by atomic mass is 15.1. The minimum Gasteiger partial charge on any atom is -0.333 e. The third-order valence-electron chi connectivity index (χ3n) is 4.56. The Hall–Kier alpha value is -1.61. The fraction of sp³-hybridized carbons (Fsp3) is 0.500. The highest BCUT2D eigenvalue weighted by Gasteiger charge is 2.22. The van der Waals surface area contributed by atoms with Crippen LogP contribution in [0, 0.1) is 0 Å². The molecule has 112 valence electrons. The molecule has 2 heterocycles. The van der Waals surface area contributed by atoms with Gasteiger partial charge in [-0.25, -0.2) is 4.98 Å². The summed E-state index contributed by atoms with van der Waals surface area (Å²) in [5.74, 6) is 0.500. The van der Waals surface area contributed by atoms with Crippen molar-refractivity contribution < 1.29 is 0 Å². The number of nitrogens with zero attached hydrogens (tertiary/aromatic N) is 2. The molecular weight excluding hydrogens is 258 g/mol. The first-order valence-corrected chi connectivity index (χ1v) is 8.05. The molecule has 1 fully saturated rings. The van der Waals surface area contributed by atoms with Gasteiger partial charge in [0.25, 0.3) is 0 Å². The van der Waals surface area contributed by atoms with E-state index in [0.717, 1.165) is 6.54 Å². The Bertz CT molecular complexity index is 561. The summed E-state index contributed by atoms with van der Waals surface area (Å²) in [4.78, 5) is 4.39. The quantitative estimate of drug-likeness (QED) is 0.922. The lowest BCUT2D eigenvalue weighted by Crippen LogP contribution is -2.35. The molecule has 1 aliphatic heterocycles. The van der Waals surface area contributed by atoms with Crippen LogP contribution < -0.4 is 5.32 Å². The molecule has 0 radical (unpaired) electrons. The number of nitrogens with one attached hydrogen (secondary N) is 1. The number of hydrogen-bond acceptors (Lipinski definition) is 2. The van der Waals surface area contributed by atoms with Gasteiger partial charge in [0.15, 0.2) is 0 Å². The summed E-state index contributed by atoms with van der Waals surface area (Å²) in [6.07, 6.45) is 7.82. The lowest BCUT2D eigenvalue weighted by molar-refractivity contribution is 0.327. The number of piperidine rings is 1. The Morgan fingerprint density at radius 2 is 2.10 bits per heavy atom. The van der Waals surface area contributed by atoms with Gasteiger partial charge >= 0.3 is 0 Å². The van der Waals surface area contributed by atoms with Crippen LogP contribution in [0.25, 0.3) is 0 Å². The molecule has 3 rings (SSSR count). The Balaban J connectivity index is 1.73. The second-order valence-electron chi connectivity index (χ2n) is 6.33. The second-order valence-corrected chi connectivity index (χ2v) is 6.33. The van der Waals surface area contributed by atoms with Crippen LogP contribution in [-0.2, 0) is 6.54 Å². The molecule has 1 aromatic carbocycles. The minimum absolute atomic E-state index is 0.458. The minimum atomic E-state index is 0.458. The number of imidazole rings is 1. The molecule has 1 aromatic heterocycles. The SMILES string of the molecule is CC1CCCC(c2cncn2CC(C)c2ccccc2)N1. The third-order valence-corrected chi connectivity index (χ3v) is 4.56. The van der Waals surface area contributed by atoms with Crippen LogP contribution in [0.3, 0.4) is 0 Å². The van der Waals surface area contributed by atoms with Crippen LogP contribution in [-0.4, -0.2) is 15.6 Å². The Labute approximate surface area is 127 Å². The van der Waals surface area contributed by atoms with Crippen LogP contribution in [0.1, 0.15) is 56.3 Å². The molecule has 0 bridgehead atoms. The lowest BCUT2D eigenvalue weighted by atomic mass is 9.97. The lowest BCUT2D eigenvalue weighted by Gasteiger charge is -2.29. The van der Waals surface area contributed by atoms with E-state index in [0.29, 0.717) is 18.0 Å². The molecule has 3 heteroatoms. The number of rotatable bonds is 4.